The molecule has 2 rings (SSSR count). The van der Waals surface area contributed by atoms with Gasteiger partial charge < -0.3 is 4.90 Å². The molecule has 0 saturated heterocycles. The number of carbonyl (C=O) groups excluding carboxylic acids is 1. The monoisotopic (exact) mass is 273 g/mol. The van der Waals surface area contributed by atoms with Gasteiger partial charge in [-0.15, -0.1) is 0 Å². The van der Waals surface area contributed by atoms with E-state index in [1.54, 1.807) is 0 Å². The molecule has 0 spiro atoms. The molecule has 1 aromatic carbocycles. The molecule has 2 heteroatoms. The van der Waals surface area contributed by atoms with Crippen LogP contribution in [-0.2, 0) is 11.3 Å². The Labute approximate surface area is 123 Å². The summed E-state index contributed by atoms with van der Waals surface area (Å²) < 4.78 is 0. The number of Topliss-reactive ketones (excluding diaryl/α,β-unsaturated/α-hetero) is 1. The number of hydrogen-bond acceptors (Lipinski definition) is 2. The maximum Gasteiger partial charge on any atom is 0.137 e. The average molecular weight is 273 g/mol. The average Bonchev–Trinajstić information content (AvgIpc) is 2.44. The van der Waals surface area contributed by atoms with Crippen LogP contribution in [-0.4, -0.2) is 24.3 Å². The first-order valence-electron chi connectivity index (χ1n) is 7.85. The predicted molar refractivity (Wildman–Crippen MR) is 83.6 cm³/mol. The lowest BCUT2D eigenvalue weighted by Gasteiger charge is -2.30. The van der Waals surface area contributed by atoms with Gasteiger partial charge in [-0.3, -0.25) is 4.79 Å². The summed E-state index contributed by atoms with van der Waals surface area (Å²) >= 11 is 0. The number of nitrogens with zero attached hydrogens (tertiary/aromatic N) is 1. The second-order valence-corrected chi connectivity index (χ2v) is 6.39. The van der Waals surface area contributed by atoms with Gasteiger partial charge in [-0.2, -0.15) is 0 Å². The Bertz CT molecular complexity index is 437. The Morgan fingerprint density at radius 2 is 1.95 bits per heavy atom. The van der Waals surface area contributed by atoms with Crippen LogP contribution in [0.2, 0.25) is 0 Å². The smallest absolute Gasteiger partial charge is 0.137 e. The van der Waals surface area contributed by atoms with Gasteiger partial charge in [0.2, 0.25) is 0 Å². The minimum Gasteiger partial charge on any atom is -0.301 e. The summed E-state index contributed by atoms with van der Waals surface area (Å²) in [4.78, 5) is 14.4. The van der Waals surface area contributed by atoms with Gasteiger partial charge >= 0.3 is 0 Å². The van der Waals surface area contributed by atoms with Crippen molar-refractivity contribution in [3.63, 3.8) is 0 Å². The second-order valence-electron chi connectivity index (χ2n) is 6.39. The summed E-state index contributed by atoms with van der Waals surface area (Å²) in [6, 6.07) is 8.68. The highest BCUT2D eigenvalue weighted by Gasteiger charge is 2.28. The van der Waals surface area contributed by atoms with Crippen LogP contribution >= 0.6 is 0 Å². The van der Waals surface area contributed by atoms with Crippen LogP contribution in [0, 0.1) is 18.8 Å². The summed E-state index contributed by atoms with van der Waals surface area (Å²) in [5.74, 6) is 1.49. The van der Waals surface area contributed by atoms with E-state index >= 15 is 0 Å². The number of hydrogen-bond donors (Lipinski definition) is 0. The van der Waals surface area contributed by atoms with Crippen LogP contribution in [0.25, 0.3) is 0 Å². The van der Waals surface area contributed by atoms with Gasteiger partial charge in [0.25, 0.3) is 0 Å². The van der Waals surface area contributed by atoms with E-state index in [1.165, 1.54) is 17.5 Å². The van der Waals surface area contributed by atoms with E-state index in [1.807, 2.05) is 0 Å². The molecule has 2 nitrogen and oxygen atoms in total. The van der Waals surface area contributed by atoms with Crippen molar-refractivity contribution in [3.8, 4) is 0 Å². The number of aryl methyl sites for hydroxylation is 1. The van der Waals surface area contributed by atoms with Gasteiger partial charge in [-0.1, -0.05) is 43.2 Å². The zero-order chi connectivity index (χ0) is 14.5. The molecule has 0 amide bonds. The fraction of sp³-hybridized carbons (Fsp3) is 0.611. The molecular weight excluding hydrogens is 246 g/mol. The number of benzene rings is 1. The molecular formula is C18H27NO. The highest BCUT2D eigenvalue weighted by atomic mass is 16.1. The van der Waals surface area contributed by atoms with E-state index in [4.69, 9.17) is 0 Å². The number of ketones is 1. The third-order valence-corrected chi connectivity index (χ3v) is 4.55. The van der Waals surface area contributed by atoms with E-state index in [0.717, 1.165) is 38.3 Å². The molecule has 20 heavy (non-hydrogen) atoms. The Morgan fingerprint density at radius 1 is 1.25 bits per heavy atom. The van der Waals surface area contributed by atoms with Crippen molar-refractivity contribution in [2.24, 2.45) is 11.8 Å². The van der Waals surface area contributed by atoms with E-state index in [2.05, 4.69) is 50.1 Å². The third-order valence-electron chi connectivity index (χ3n) is 4.55. The predicted octanol–water partition coefficient (Wildman–Crippen LogP) is 3.82. The number of carbonyl (C=O) groups is 1. The molecule has 0 aromatic heterocycles. The number of rotatable bonds is 5. The minimum absolute atomic E-state index is 0.254. The van der Waals surface area contributed by atoms with Crippen molar-refractivity contribution in [1.82, 2.24) is 4.90 Å². The van der Waals surface area contributed by atoms with Crippen LogP contribution in [0.1, 0.15) is 43.7 Å². The fourth-order valence-electron chi connectivity index (χ4n) is 3.20. The molecule has 1 aliphatic carbocycles. The zero-order valence-corrected chi connectivity index (χ0v) is 13.1. The first-order valence-corrected chi connectivity index (χ1v) is 7.85. The zero-order valence-electron chi connectivity index (χ0n) is 13.1. The standard InChI is InChI=1S/C18H27NO/c1-4-15-9-10-18(20)17(11-15)13-19(3)12-16-7-5-14(2)6-8-16/h5-8,15,17H,4,9-13H2,1-3H3. The Morgan fingerprint density at radius 3 is 2.60 bits per heavy atom. The molecule has 0 bridgehead atoms. The molecule has 2 atom stereocenters. The first-order chi connectivity index (χ1) is 9.58. The molecule has 110 valence electrons. The molecule has 1 aromatic rings. The van der Waals surface area contributed by atoms with Gasteiger partial charge in [0.1, 0.15) is 5.78 Å². The van der Waals surface area contributed by atoms with Gasteiger partial charge in [0.15, 0.2) is 0 Å². The molecule has 2 unspecified atom stereocenters. The van der Waals surface area contributed by atoms with E-state index < -0.39 is 0 Å². The molecule has 0 radical (unpaired) electrons. The van der Waals surface area contributed by atoms with E-state index in [-0.39, 0.29) is 5.92 Å². The summed E-state index contributed by atoms with van der Waals surface area (Å²) in [6.45, 7) is 6.19. The lowest BCUT2D eigenvalue weighted by atomic mass is 9.79. The van der Waals surface area contributed by atoms with Crippen molar-refractivity contribution >= 4 is 5.78 Å². The lowest BCUT2D eigenvalue weighted by molar-refractivity contribution is -0.126. The van der Waals surface area contributed by atoms with Gasteiger partial charge in [-0.25, -0.2) is 0 Å². The fourth-order valence-corrected chi connectivity index (χ4v) is 3.20. The van der Waals surface area contributed by atoms with Gasteiger partial charge in [-0.05, 0) is 38.3 Å². The van der Waals surface area contributed by atoms with Crippen LogP contribution in [0.15, 0.2) is 24.3 Å². The second kappa shape index (κ2) is 7.03. The van der Waals surface area contributed by atoms with E-state index in [9.17, 15) is 4.79 Å². The SMILES string of the molecule is CCC1CCC(=O)C(CN(C)Cc2ccc(C)cc2)C1. The van der Waals surface area contributed by atoms with Crippen molar-refractivity contribution in [2.75, 3.05) is 13.6 Å². The van der Waals surface area contributed by atoms with Crippen molar-refractivity contribution in [1.29, 1.82) is 0 Å². The van der Waals surface area contributed by atoms with Crippen LogP contribution in [0.4, 0.5) is 0 Å². The topological polar surface area (TPSA) is 20.3 Å². The Kier molecular flexibility index (Phi) is 5.36. The summed E-state index contributed by atoms with van der Waals surface area (Å²) in [5.41, 5.74) is 2.62. The van der Waals surface area contributed by atoms with Gasteiger partial charge in [0.05, 0.1) is 0 Å². The molecule has 0 aliphatic heterocycles. The largest absolute Gasteiger partial charge is 0.301 e. The summed E-state index contributed by atoms with van der Waals surface area (Å²) in [6.07, 6.45) is 4.20. The van der Waals surface area contributed by atoms with Crippen LogP contribution in [0.3, 0.4) is 0 Å². The summed E-state index contributed by atoms with van der Waals surface area (Å²) in [5, 5.41) is 0. The van der Waals surface area contributed by atoms with Gasteiger partial charge in [0, 0.05) is 25.4 Å². The van der Waals surface area contributed by atoms with E-state index in [0.29, 0.717) is 5.78 Å². The Balaban J connectivity index is 1.88. The highest BCUT2D eigenvalue weighted by molar-refractivity contribution is 5.81. The maximum atomic E-state index is 12.1. The molecule has 1 saturated carbocycles. The van der Waals surface area contributed by atoms with Crippen molar-refractivity contribution < 1.29 is 4.79 Å². The highest BCUT2D eigenvalue weighted by Crippen LogP contribution is 2.29. The van der Waals surface area contributed by atoms with Crippen LogP contribution in [0.5, 0.6) is 0 Å². The lowest BCUT2D eigenvalue weighted by Crippen LogP contribution is -2.34. The maximum absolute atomic E-state index is 12.1. The molecule has 1 aliphatic rings. The normalized spacial score (nSPS) is 23.3. The quantitative estimate of drug-likeness (QED) is 0.813. The minimum atomic E-state index is 0.254. The third kappa shape index (κ3) is 4.17. The molecule has 1 fully saturated rings. The van der Waals surface area contributed by atoms with Crippen molar-refractivity contribution in [2.45, 2.75) is 46.1 Å². The molecule has 0 heterocycles. The summed E-state index contributed by atoms with van der Waals surface area (Å²) in [7, 11) is 2.13. The Hall–Kier alpha value is -1.15. The molecule has 0 N–H and O–H groups in total. The first kappa shape index (κ1) is 15.2. The van der Waals surface area contributed by atoms with Crippen LogP contribution < -0.4 is 0 Å². The van der Waals surface area contributed by atoms with Crippen molar-refractivity contribution in [3.05, 3.63) is 35.4 Å².